The lowest BCUT2D eigenvalue weighted by atomic mass is 10.2. The van der Waals surface area contributed by atoms with Crippen molar-refractivity contribution in [1.29, 1.82) is 0 Å². The summed E-state index contributed by atoms with van der Waals surface area (Å²) in [5, 5.41) is 3.18. The van der Waals surface area contributed by atoms with E-state index in [1.54, 1.807) is 12.4 Å². The van der Waals surface area contributed by atoms with Crippen molar-refractivity contribution >= 4 is 5.97 Å². The zero-order chi connectivity index (χ0) is 12.7. The van der Waals surface area contributed by atoms with Crippen LogP contribution in [0, 0.1) is 0 Å². The second-order valence-corrected chi connectivity index (χ2v) is 4.87. The van der Waals surface area contributed by atoms with Gasteiger partial charge in [0.15, 0.2) is 0 Å². The van der Waals surface area contributed by atoms with Gasteiger partial charge in [-0.3, -0.25) is 9.78 Å². The molecule has 1 aromatic rings. The van der Waals surface area contributed by atoms with E-state index in [9.17, 15) is 4.79 Å². The molecule has 0 bridgehead atoms. The van der Waals surface area contributed by atoms with Gasteiger partial charge in [-0.2, -0.15) is 0 Å². The number of esters is 1. The molecule has 1 rings (SSSR count). The Bertz CT molecular complexity index is 344. The summed E-state index contributed by atoms with van der Waals surface area (Å²) in [6, 6.07) is 3.89. The second-order valence-electron chi connectivity index (χ2n) is 4.87. The molecule has 94 valence electrons. The molecule has 1 aromatic heterocycles. The van der Waals surface area contributed by atoms with Gasteiger partial charge in [0.05, 0.1) is 6.42 Å². The number of pyridine rings is 1. The smallest absolute Gasteiger partial charge is 0.307 e. The van der Waals surface area contributed by atoms with Crippen molar-refractivity contribution < 1.29 is 9.53 Å². The van der Waals surface area contributed by atoms with Crippen LogP contribution in [0.15, 0.2) is 24.5 Å². The van der Waals surface area contributed by atoms with Gasteiger partial charge in [-0.15, -0.1) is 0 Å². The first-order valence-corrected chi connectivity index (χ1v) is 5.79. The molecule has 0 atom stereocenters. The molecule has 0 unspecified atom stereocenters. The minimum Gasteiger partial charge on any atom is -0.460 e. The third-order valence-corrected chi connectivity index (χ3v) is 1.98. The van der Waals surface area contributed by atoms with Gasteiger partial charge < -0.3 is 10.1 Å². The zero-order valence-corrected chi connectivity index (χ0v) is 10.7. The maximum atomic E-state index is 11.4. The van der Waals surface area contributed by atoms with Gasteiger partial charge in [-0.1, -0.05) is 6.07 Å². The van der Waals surface area contributed by atoms with E-state index in [2.05, 4.69) is 10.3 Å². The van der Waals surface area contributed by atoms with Gasteiger partial charge in [-0.25, -0.2) is 0 Å². The quantitative estimate of drug-likeness (QED) is 0.626. The number of carbonyl (C=O) groups is 1. The summed E-state index contributed by atoms with van der Waals surface area (Å²) in [6.07, 6.45) is 3.93. The minimum atomic E-state index is -0.402. The standard InChI is InChI=1S/C13H20N2O2/c1-13(2,3)17-12(16)6-8-15-10-11-5-4-7-14-9-11/h4-5,7,9,15H,6,8,10H2,1-3H3. The predicted octanol–water partition coefficient (Wildman–Crippen LogP) is 1.90. The fraction of sp³-hybridized carbons (Fsp3) is 0.538. The largest absolute Gasteiger partial charge is 0.460 e. The number of nitrogens with zero attached hydrogens (tertiary/aromatic N) is 1. The number of aromatic nitrogens is 1. The van der Waals surface area contributed by atoms with Crippen LogP contribution in [-0.2, 0) is 16.1 Å². The Morgan fingerprint density at radius 1 is 1.47 bits per heavy atom. The molecule has 4 heteroatoms. The van der Waals surface area contributed by atoms with Crippen LogP contribution in [0.5, 0.6) is 0 Å². The van der Waals surface area contributed by atoms with Crippen LogP contribution in [0.4, 0.5) is 0 Å². The topological polar surface area (TPSA) is 51.2 Å². The summed E-state index contributed by atoms with van der Waals surface area (Å²) in [6.45, 7) is 6.94. The van der Waals surface area contributed by atoms with Gasteiger partial charge in [0.25, 0.3) is 0 Å². The third kappa shape index (κ3) is 6.68. The van der Waals surface area contributed by atoms with Crippen molar-refractivity contribution in [2.45, 2.75) is 39.3 Å². The van der Waals surface area contributed by atoms with Crippen molar-refractivity contribution in [3.8, 4) is 0 Å². The van der Waals surface area contributed by atoms with Gasteiger partial charge in [0.1, 0.15) is 5.60 Å². The number of hydrogen-bond acceptors (Lipinski definition) is 4. The summed E-state index contributed by atoms with van der Waals surface area (Å²) < 4.78 is 5.20. The van der Waals surface area contributed by atoms with E-state index < -0.39 is 5.60 Å². The minimum absolute atomic E-state index is 0.170. The Balaban J connectivity index is 2.14. The molecular formula is C13H20N2O2. The average molecular weight is 236 g/mol. The normalized spacial score (nSPS) is 11.2. The summed E-state index contributed by atoms with van der Waals surface area (Å²) >= 11 is 0. The summed E-state index contributed by atoms with van der Waals surface area (Å²) in [5.74, 6) is -0.170. The number of hydrogen-bond donors (Lipinski definition) is 1. The molecule has 0 spiro atoms. The van der Waals surface area contributed by atoms with Crippen LogP contribution in [0.25, 0.3) is 0 Å². The molecule has 0 aliphatic heterocycles. The van der Waals surface area contributed by atoms with E-state index >= 15 is 0 Å². The molecule has 0 fully saturated rings. The van der Waals surface area contributed by atoms with Gasteiger partial charge >= 0.3 is 5.97 Å². The van der Waals surface area contributed by atoms with Gasteiger partial charge in [0, 0.05) is 25.5 Å². The first-order valence-electron chi connectivity index (χ1n) is 5.79. The highest BCUT2D eigenvalue weighted by Gasteiger charge is 2.15. The molecule has 0 aliphatic rings. The lowest BCUT2D eigenvalue weighted by molar-refractivity contribution is -0.154. The van der Waals surface area contributed by atoms with E-state index in [1.165, 1.54) is 0 Å². The van der Waals surface area contributed by atoms with Crippen LogP contribution >= 0.6 is 0 Å². The van der Waals surface area contributed by atoms with E-state index in [4.69, 9.17) is 4.74 Å². The van der Waals surface area contributed by atoms with Crippen molar-refractivity contribution in [2.75, 3.05) is 6.54 Å². The van der Waals surface area contributed by atoms with Gasteiger partial charge in [-0.05, 0) is 32.4 Å². The van der Waals surface area contributed by atoms with Crippen molar-refractivity contribution in [3.63, 3.8) is 0 Å². The Kier molecular flexibility index (Phi) is 5.10. The third-order valence-electron chi connectivity index (χ3n) is 1.98. The molecule has 0 aromatic carbocycles. The molecular weight excluding hydrogens is 216 g/mol. The second kappa shape index (κ2) is 6.35. The first-order chi connectivity index (χ1) is 7.97. The molecule has 0 radical (unpaired) electrons. The zero-order valence-electron chi connectivity index (χ0n) is 10.7. The maximum absolute atomic E-state index is 11.4. The van der Waals surface area contributed by atoms with Crippen LogP contribution in [-0.4, -0.2) is 23.1 Å². The molecule has 0 aliphatic carbocycles. The monoisotopic (exact) mass is 236 g/mol. The lowest BCUT2D eigenvalue weighted by Crippen LogP contribution is -2.26. The number of rotatable bonds is 5. The van der Waals surface area contributed by atoms with Gasteiger partial charge in [0.2, 0.25) is 0 Å². The molecule has 1 heterocycles. The molecule has 0 amide bonds. The molecule has 4 nitrogen and oxygen atoms in total. The Morgan fingerprint density at radius 2 is 2.24 bits per heavy atom. The van der Waals surface area contributed by atoms with Crippen LogP contribution in [0.2, 0.25) is 0 Å². The summed E-state index contributed by atoms with van der Waals surface area (Å²) in [5.41, 5.74) is 0.706. The molecule has 0 saturated carbocycles. The van der Waals surface area contributed by atoms with E-state index in [0.29, 0.717) is 13.0 Å². The Morgan fingerprint density at radius 3 is 2.82 bits per heavy atom. The summed E-state index contributed by atoms with van der Waals surface area (Å²) in [7, 11) is 0. The van der Waals surface area contributed by atoms with Crippen LogP contribution in [0.3, 0.4) is 0 Å². The van der Waals surface area contributed by atoms with E-state index in [-0.39, 0.29) is 5.97 Å². The van der Waals surface area contributed by atoms with Crippen molar-refractivity contribution in [2.24, 2.45) is 0 Å². The lowest BCUT2D eigenvalue weighted by Gasteiger charge is -2.19. The fourth-order valence-electron chi connectivity index (χ4n) is 1.32. The molecule has 17 heavy (non-hydrogen) atoms. The number of ether oxygens (including phenoxy) is 1. The number of carbonyl (C=O) groups excluding carboxylic acids is 1. The van der Waals surface area contributed by atoms with Crippen LogP contribution < -0.4 is 5.32 Å². The molecule has 0 saturated heterocycles. The summed E-state index contributed by atoms with van der Waals surface area (Å²) in [4.78, 5) is 15.4. The first kappa shape index (κ1) is 13.6. The van der Waals surface area contributed by atoms with Crippen LogP contribution in [0.1, 0.15) is 32.8 Å². The average Bonchev–Trinajstić information content (AvgIpc) is 2.23. The molecule has 1 N–H and O–H groups in total. The van der Waals surface area contributed by atoms with E-state index in [0.717, 1.165) is 12.1 Å². The fourth-order valence-corrected chi connectivity index (χ4v) is 1.32. The SMILES string of the molecule is CC(C)(C)OC(=O)CCNCc1cccnc1. The van der Waals surface area contributed by atoms with Crippen molar-refractivity contribution in [3.05, 3.63) is 30.1 Å². The van der Waals surface area contributed by atoms with E-state index in [1.807, 2.05) is 32.9 Å². The highest BCUT2D eigenvalue weighted by atomic mass is 16.6. The highest BCUT2D eigenvalue weighted by molar-refractivity contribution is 5.70. The highest BCUT2D eigenvalue weighted by Crippen LogP contribution is 2.07. The Labute approximate surface area is 102 Å². The predicted molar refractivity (Wildman–Crippen MR) is 66.4 cm³/mol. The maximum Gasteiger partial charge on any atom is 0.307 e. The Hall–Kier alpha value is -1.42. The van der Waals surface area contributed by atoms with Crippen molar-refractivity contribution in [1.82, 2.24) is 10.3 Å². The number of nitrogens with one attached hydrogen (secondary N) is 1.